The third-order valence-corrected chi connectivity index (χ3v) is 2.59. The number of hydrogen-bond acceptors (Lipinski definition) is 4. The summed E-state index contributed by atoms with van der Waals surface area (Å²) in [6.45, 7) is 5.19. The zero-order chi connectivity index (χ0) is 9.42. The Morgan fingerprint density at radius 3 is 3.00 bits per heavy atom. The van der Waals surface area contributed by atoms with Crippen LogP contribution in [0, 0.1) is 0 Å². The monoisotopic (exact) mass is 181 g/mol. The number of ketones is 1. The van der Waals surface area contributed by atoms with Gasteiger partial charge in [0, 0.05) is 26.7 Å². The van der Waals surface area contributed by atoms with E-state index >= 15 is 0 Å². The van der Waals surface area contributed by atoms with E-state index in [1.807, 2.05) is 14.0 Å². The molecule has 0 aliphatic carbocycles. The number of carbonyl (C=O) groups is 1. The van der Waals surface area contributed by atoms with Gasteiger partial charge >= 0.3 is 0 Å². The van der Waals surface area contributed by atoms with Gasteiger partial charge in [0.25, 0.3) is 0 Å². The number of hydrazine groups is 1. The molecule has 1 N–H and O–H groups in total. The van der Waals surface area contributed by atoms with Crippen molar-refractivity contribution in [3.63, 3.8) is 0 Å². The number of fused-ring (bicyclic) bond motifs is 1. The molecule has 0 aromatic rings. The van der Waals surface area contributed by atoms with Crippen molar-refractivity contribution in [1.82, 2.24) is 15.3 Å². The van der Waals surface area contributed by atoms with Crippen LogP contribution in [0.1, 0.15) is 6.92 Å². The molecule has 2 aliphatic heterocycles. The molecule has 2 heterocycles. The molecule has 0 unspecified atom stereocenters. The summed E-state index contributed by atoms with van der Waals surface area (Å²) >= 11 is 0. The average molecular weight is 181 g/mol. The van der Waals surface area contributed by atoms with Gasteiger partial charge in [0.15, 0.2) is 5.78 Å². The fourth-order valence-electron chi connectivity index (χ4n) is 2.03. The highest BCUT2D eigenvalue weighted by atomic mass is 16.1. The number of hydrogen-bond donors (Lipinski definition) is 1. The normalized spacial score (nSPS) is 25.1. The van der Waals surface area contributed by atoms with Crippen LogP contribution in [-0.2, 0) is 4.79 Å². The lowest BCUT2D eigenvalue weighted by Gasteiger charge is -2.26. The van der Waals surface area contributed by atoms with E-state index < -0.39 is 0 Å². The molecule has 0 spiro atoms. The van der Waals surface area contributed by atoms with Gasteiger partial charge in [0.2, 0.25) is 0 Å². The lowest BCUT2D eigenvalue weighted by molar-refractivity contribution is -0.116. The minimum absolute atomic E-state index is 0.222. The van der Waals surface area contributed by atoms with Gasteiger partial charge in [0.05, 0.1) is 12.2 Å². The van der Waals surface area contributed by atoms with Gasteiger partial charge in [-0.15, -0.1) is 0 Å². The van der Waals surface area contributed by atoms with E-state index in [4.69, 9.17) is 0 Å². The largest absolute Gasteiger partial charge is 0.308 e. The van der Waals surface area contributed by atoms with Crippen LogP contribution in [0.2, 0.25) is 0 Å². The SMILES string of the molecule is CC1=C2C(=O)CNCCN2N(C)C1. The molecule has 0 radical (unpaired) electrons. The molecule has 0 saturated carbocycles. The zero-order valence-electron chi connectivity index (χ0n) is 8.13. The highest BCUT2D eigenvalue weighted by molar-refractivity contribution is 5.97. The molecule has 0 amide bonds. The molecule has 0 bridgehead atoms. The molecule has 72 valence electrons. The summed E-state index contributed by atoms with van der Waals surface area (Å²) in [5.41, 5.74) is 2.10. The summed E-state index contributed by atoms with van der Waals surface area (Å²) in [7, 11) is 2.02. The van der Waals surface area contributed by atoms with E-state index in [9.17, 15) is 4.79 Å². The Hall–Kier alpha value is -0.870. The Labute approximate surface area is 78.2 Å². The Morgan fingerprint density at radius 1 is 1.46 bits per heavy atom. The van der Waals surface area contributed by atoms with E-state index in [1.54, 1.807) is 0 Å². The maximum atomic E-state index is 11.7. The first kappa shape index (κ1) is 8.72. The maximum Gasteiger partial charge on any atom is 0.193 e. The third kappa shape index (κ3) is 1.36. The lowest BCUT2D eigenvalue weighted by Crippen LogP contribution is -2.37. The van der Waals surface area contributed by atoms with Crippen molar-refractivity contribution >= 4 is 5.78 Å². The van der Waals surface area contributed by atoms with Crippen LogP contribution in [0.4, 0.5) is 0 Å². The standard InChI is InChI=1S/C9H15N3O/c1-7-6-11(2)12-4-3-10-5-8(13)9(7)12/h10H,3-6H2,1-2H3. The van der Waals surface area contributed by atoms with Crippen molar-refractivity contribution in [3.8, 4) is 0 Å². The predicted molar refractivity (Wildman–Crippen MR) is 49.9 cm³/mol. The number of nitrogens with one attached hydrogen (secondary N) is 1. The molecule has 13 heavy (non-hydrogen) atoms. The van der Waals surface area contributed by atoms with Crippen molar-refractivity contribution in [1.29, 1.82) is 0 Å². The highest BCUT2D eigenvalue weighted by Gasteiger charge is 2.30. The molecule has 0 aromatic carbocycles. The molecule has 4 nitrogen and oxygen atoms in total. The Kier molecular flexibility index (Phi) is 2.09. The van der Waals surface area contributed by atoms with Crippen LogP contribution >= 0.6 is 0 Å². The third-order valence-electron chi connectivity index (χ3n) is 2.59. The minimum atomic E-state index is 0.222. The zero-order valence-corrected chi connectivity index (χ0v) is 8.13. The fourth-order valence-corrected chi connectivity index (χ4v) is 2.03. The first-order valence-corrected chi connectivity index (χ1v) is 4.62. The summed E-state index contributed by atoms with van der Waals surface area (Å²) in [6.07, 6.45) is 0. The second kappa shape index (κ2) is 3.12. The molecule has 2 aliphatic rings. The van der Waals surface area contributed by atoms with Crippen LogP contribution in [0.25, 0.3) is 0 Å². The van der Waals surface area contributed by atoms with Gasteiger partial charge in [0.1, 0.15) is 0 Å². The minimum Gasteiger partial charge on any atom is -0.308 e. The van der Waals surface area contributed by atoms with Crippen molar-refractivity contribution in [2.24, 2.45) is 0 Å². The smallest absolute Gasteiger partial charge is 0.193 e. The van der Waals surface area contributed by atoms with E-state index in [2.05, 4.69) is 15.3 Å². The molecular weight excluding hydrogens is 166 g/mol. The number of nitrogens with zero attached hydrogens (tertiary/aromatic N) is 2. The molecule has 4 heteroatoms. The number of Topliss-reactive ketones (excluding diaryl/α,β-unsaturated/α-hetero) is 1. The summed E-state index contributed by atoms with van der Waals surface area (Å²) in [6, 6.07) is 0. The van der Waals surface area contributed by atoms with Crippen LogP contribution < -0.4 is 5.32 Å². The first-order chi connectivity index (χ1) is 6.20. The Bertz CT molecular complexity index is 272. The average Bonchev–Trinajstić information content (AvgIpc) is 2.28. The van der Waals surface area contributed by atoms with Gasteiger partial charge in [-0.2, -0.15) is 0 Å². The Balaban J connectivity index is 2.32. The van der Waals surface area contributed by atoms with E-state index in [0.29, 0.717) is 6.54 Å². The van der Waals surface area contributed by atoms with Crippen molar-refractivity contribution < 1.29 is 4.79 Å². The van der Waals surface area contributed by atoms with Crippen LogP contribution in [-0.4, -0.2) is 49.0 Å². The number of carbonyl (C=O) groups excluding carboxylic acids is 1. The van der Waals surface area contributed by atoms with Crippen molar-refractivity contribution in [2.75, 3.05) is 33.2 Å². The van der Waals surface area contributed by atoms with E-state index in [-0.39, 0.29) is 5.78 Å². The van der Waals surface area contributed by atoms with Crippen LogP contribution in [0.3, 0.4) is 0 Å². The van der Waals surface area contributed by atoms with Crippen LogP contribution in [0.15, 0.2) is 11.3 Å². The van der Waals surface area contributed by atoms with E-state index in [0.717, 1.165) is 25.3 Å². The summed E-state index contributed by atoms with van der Waals surface area (Å²) < 4.78 is 0. The number of likely N-dealkylation sites (N-methyl/N-ethyl adjacent to an activating group) is 1. The molecule has 1 fully saturated rings. The van der Waals surface area contributed by atoms with Crippen molar-refractivity contribution in [2.45, 2.75) is 6.92 Å². The summed E-state index contributed by atoms with van der Waals surface area (Å²) in [4.78, 5) is 11.7. The number of rotatable bonds is 0. The molecule has 1 saturated heterocycles. The van der Waals surface area contributed by atoms with E-state index in [1.165, 1.54) is 5.57 Å². The van der Waals surface area contributed by atoms with Gasteiger partial charge in [-0.05, 0) is 12.5 Å². The fraction of sp³-hybridized carbons (Fsp3) is 0.667. The topological polar surface area (TPSA) is 35.6 Å². The second-order valence-corrected chi connectivity index (χ2v) is 3.67. The van der Waals surface area contributed by atoms with Gasteiger partial charge in [-0.1, -0.05) is 0 Å². The lowest BCUT2D eigenvalue weighted by atomic mass is 10.2. The van der Waals surface area contributed by atoms with Gasteiger partial charge in [-0.3, -0.25) is 4.79 Å². The van der Waals surface area contributed by atoms with Crippen LogP contribution in [0.5, 0.6) is 0 Å². The Morgan fingerprint density at radius 2 is 2.23 bits per heavy atom. The molecule has 0 atom stereocenters. The highest BCUT2D eigenvalue weighted by Crippen LogP contribution is 2.22. The summed E-state index contributed by atoms with van der Waals surface area (Å²) in [5, 5.41) is 7.30. The second-order valence-electron chi connectivity index (χ2n) is 3.67. The van der Waals surface area contributed by atoms with Crippen molar-refractivity contribution in [3.05, 3.63) is 11.3 Å². The maximum absolute atomic E-state index is 11.7. The van der Waals surface area contributed by atoms with Gasteiger partial charge in [-0.25, -0.2) is 5.01 Å². The van der Waals surface area contributed by atoms with Gasteiger partial charge < -0.3 is 10.3 Å². The molecule has 0 aromatic heterocycles. The quantitative estimate of drug-likeness (QED) is 0.551. The molecular formula is C9H15N3O. The first-order valence-electron chi connectivity index (χ1n) is 4.62. The predicted octanol–water partition coefficient (Wildman–Crippen LogP) is -0.405. The summed E-state index contributed by atoms with van der Waals surface area (Å²) in [5.74, 6) is 0.222. The molecule has 2 rings (SSSR count).